The van der Waals surface area contributed by atoms with Crippen molar-refractivity contribution in [2.75, 3.05) is 67.5 Å². The zero-order chi connectivity index (χ0) is 25.7. The van der Waals surface area contributed by atoms with E-state index in [4.69, 9.17) is 19.2 Å². The van der Waals surface area contributed by atoms with Crippen LogP contribution in [0.25, 0.3) is 10.9 Å². The minimum absolute atomic E-state index is 0.154. The van der Waals surface area contributed by atoms with Crippen molar-refractivity contribution in [3.63, 3.8) is 0 Å². The molecule has 8 heteroatoms. The first kappa shape index (κ1) is 26.1. The number of ether oxygens (including phenoxy) is 3. The van der Waals surface area contributed by atoms with Crippen LogP contribution in [0.1, 0.15) is 21.5 Å². The van der Waals surface area contributed by atoms with Crippen molar-refractivity contribution in [3.8, 4) is 17.2 Å². The van der Waals surface area contributed by atoms with E-state index in [0.717, 1.165) is 27.8 Å². The lowest BCUT2D eigenvalue weighted by Gasteiger charge is -2.28. The number of benzene rings is 2. The number of rotatable bonds is 10. The Bertz CT molecular complexity index is 1190. The van der Waals surface area contributed by atoms with Crippen LogP contribution >= 0.6 is 0 Å². The van der Waals surface area contributed by atoms with Crippen LogP contribution in [0.5, 0.6) is 17.2 Å². The lowest BCUT2D eigenvalue weighted by atomic mass is 10.1. The summed E-state index contributed by atoms with van der Waals surface area (Å²) in [5.74, 6) is 1.94. The van der Waals surface area contributed by atoms with Crippen molar-refractivity contribution in [2.45, 2.75) is 13.5 Å². The van der Waals surface area contributed by atoms with E-state index >= 15 is 0 Å². The fourth-order valence-electron chi connectivity index (χ4n) is 4.10. The van der Waals surface area contributed by atoms with Gasteiger partial charge in [0, 0.05) is 44.7 Å². The molecule has 0 aliphatic carbocycles. The van der Waals surface area contributed by atoms with Crippen LogP contribution in [-0.2, 0) is 6.54 Å². The zero-order valence-electron chi connectivity index (χ0n) is 22.0. The number of aromatic nitrogens is 1. The van der Waals surface area contributed by atoms with E-state index in [1.54, 1.807) is 19.2 Å². The molecule has 1 aromatic heterocycles. The molecule has 0 saturated heterocycles. The minimum Gasteiger partial charge on any atom is -0.493 e. The van der Waals surface area contributed by atoms with Crippen molar-refractivity contribution in [2.24, 2.45) is 0 Å². The Kier molecular flexibility index (Phi) is 8.40. The summed E-state index contributed by atoms with van der Waals surface area (Å²) in [6, 6.07) is 11.7. The smallest absolute Gasteiger partial charge is 0.258 e. The molecule has 188 valence electrons. The topological polar surface area (TPSA) is 67.4 Å². The van der Waals surface area contributed by atoms with E-state index in [-0.39, 0.29) is 5.91 Å². The summed E-state index contributed by atoms with van der Waals surface area (Å²) in [5.41, 5.74) is 3.47. The molecule has 3 rings (SSSR count). The van der Waals surface area contributed by atoms with E-state index in [0.29, 0.717) is 42.4 Å². The van der Waals surface area contributed by atoms with Gasteiger partial charge in [-0.1, -0.05) is 18.2 Å². The second-order valence-electron chi connectivity index (χ2n) is 8.92. The molecule has 3 aromatic rings. The third-order valence-corrected chi connectivity index (χ3v) is 5.93. The summed E-state index contributed by atoms with van der Waals surface area (Å²) in [6.07, 6.45) is 0. The van der Waals surface area contributed by atoms with Gasteiger partial charge in [0.15, 0.2) is 11.5 Å². The number of methoxy groups -OCH3 is 3. The molecule has 0 fully saturated rings. The number of fused-ring (bicyclic) bond motifs is 1. The molecule has 0 aliphatic heterocycles. The molecule has 0 unspecified atom stereocenters. The molecular weight excluding hydrogens is 444 g/mol. The number of carbonyl (C=O) groups is 1. The Balaban J connectivity index is 2.09. The zero-order valence-corrected chi connectivity index (χ0v) is 22.0. The first-order valence-electron chi connectivity index (χ1n) is 11.5. The number of likely N-dealkylation sites (N-methyl/N-ethyl adjacent to an activating group) is 1. The molecule has 0 radical (unpaired) electrons. The van der Waals surface area contributed by atoms with Gasteiger partial charge in [0.25, 0.3) is 5.91 Å². The van der Waals surface area contributed by atoms with Crippen LogP contribution in [0.15, 0.2) is 36.4 Å². The normalized spacial score (nSPS) is 11.0. The summed E-state index contributed by atoms with van der Waals surface area (Å²) in [4.78, 5) is 24.7. The van der Waals surface area contributed by atoms with E-state index in [1.807, 2.05) is 44.1 Å². The molecular formula is C27H36N4O4. The second kappa shape index (κ2) is 11.3. The molecule has 1 heterocycles. The van der Waals surface area contributed by atoms with Gasteiger partial charge in [-0.25, -0.2) is 4.98 Å². The average molecular weight is 481 g/mol. The Hall–Kier alpha value is -3.52. The average Bonchev–Trinajstić information content (AvgIpc) is 2.84. The third kappa shape index (κ3) is 5.59. The summed E-state index contributed by atoms with van der Waals surface area (Å²) >= 11 is 0. The monoisotopic (exact) mass is 480 g/mol. The van der Waals surface area contributed by atoms with Crippen LogP contribution in [0.4, 0.5) is 5.82 Å². The molecule has 8 nitrogen and oxygen atoms in total. The third-order valence-electron chi connectivity index (χ3n) is 5.93. The molecule has 0 bridgehead atoms. The summed E-state index contributed by atoms with van der Waals surface area (Å²) in [7, 11) is 12.5. The van der Waals surface area contributed by atoms with Gasteiger partial charge in [-0.2, -0.15) is 0 Å². The van der Waals surface area contributed by atoms with Crippen molar-refractivity contribution < 1.29 is 19.0 Å². The van der Waals surface area contributed by atoms with Crippen molar-refractivity contribution in [1.82, 2.24) is 14.8 Å². The fraction of sp³-hybridized carbons (Fsp3) is 0.407. The number of hydrogen-bond acceptors (Lipinski definition) is 7. The van der Waals surface area contributed by atoms with Crippen LogP contribution < -0.4 is 19.1 Å². The maximum absolute atomic E-state index is 13.9. The number of amides is 1. The Morgan fingerprint density at radius 2 is 1.63 bits per heavy atom. The SMILES string of the molecule is COc1ccc(C(=O)N(CCN(C)C)Cc2cc3cccc(C)c3nc2N(C)C)c(OC)c1OC. The first-order valence-corrected chi connectivity index (χ1v) is 11.5. The minimum atomic E-state index is -0.154. The summed E-state index contributed by atoms with van der Waals surface area (Å²) < 4.78 is 16.5. The number of pyridine rings is 1. The van der Waals surface area contributed by atoms with Crippen LogP contribution in [0.2, 0.25) is 0 Å². The van der Waals surface area contributed by atoms with Crippen molar-refractivity contribution in [1.29, 1.82) is 0 Å². The van der Waals surface area contributed by atoms with E-state index in [9.17, 15) is 4.79 Å². The van der Waals surface area contributed by atoms with Crippen LogP contribution in [-0.4, -0.2) is 83.3 Å². The number of carbonyl (C=O) groups excluding carboxylic acids is 1. The highest BCUT2D eigenvalue weighted by atomic mass is 16.5. The maximum Gasteiger partial charge on any atom is 0.258 e. The fourth-order valence-corrected chi connectivity index (χ4v) is 4.10. The molecule has 1 amide bonds. The van der Waals surface area contributed by atoms with E-state index in [1.165, 1.54) is 14.2 Å². The Morgan fingerprint density at radius 3 is 2.23 bits per heavy atom. The lowest BCUT2D eigenvalue weighted by molar-refractivity contribution is 0.0728. The Labute approximate surface area is 208 Å². The summed E-state index contributed by atoms with van der Waals surface area (Å²) in [6.45, 7) is 3.69. The number of para-hydroxylation sites is 1. The summed E-state index contributed by atoms with van der Waals surface area (Å²) in [5, 5.41) is 1.05. The molecule has 0 N–H and O–H groups in total. The molecule has 0 spiro atoms. The van der Waals surface area contributed by atoms with Crippen LogP contribution in [0.3, 0.4) is 0 Å². The number of aryl methyl sites for hydroxylation is 1. The highest BCUT2D eigenvalue weighted by Crippen LogP contribution is 2.40. The van der Waals surface area contributed by atoms with Gasteiger partial charge in [0.05, 0.1) is 32.4 Å². The standard InChI is InChI=1S/C27H36N4O4/c1-18-10-9-11-19-16-20(26(30(4)5)28-23(18)19)17-31(15-14-29(2)3)27(32)21-12-13-22(33-6)25(35-8)24(21)34-7/h9-13,16H,14-15,17H2,1-8H3. The molecule has 0 aliphatic rings. The molecule has 2 aromatic carbocycles. The van der Waals surface area contributed by atoms with Crippen molar-refractivity contribution in [3.05, 3.63) is 53.1 Å². The molecule has 0 atom stereocenters. The quantitative estimate of drug-likeness (QED) is 0.437. The number of hydrogen-bond donors (Lipinski definition) is 0. The van der Waals surface area contributed by atoms with Gasteiger partial charge in [-0.05, 0) is 44.8 Å². The van der Waals surface area contributed by atoms with E-state index in [2.05, 4.69) is 30.0 Å². The second-order valence-corrected chi connectivity index (χ2v) is 8.92. The van der Waals surface area contributed by atoms with Gasteiger partial charge in [0.1, 0.15) is 5.82 Å². The predicted octanol–water partition coefficient (Wildman–Crippen LogP) is 3.84. The van der Waals surface area contributed by atoms with Gasteiger partial charge < -0.3 is 28.9 Å². The highest BCUT2D eigenvalue weighted by Gasteiger charge is 2.26. The van der Waals surface area contributed by atoms with Crippen LogP contribution in [0, 0.1) is 6.92 Å². The Morgan fingerprint density at radius 1 is 0.914 bits per heavy atom. The van der Waals surface area contributed by atoms with Gasteiger partial charge in [0.2, 0.25) is 5.75 Å². The first-order chi connectivity index (χ1) is 16.7. The maximum atomic E-state index is 13.9. The molecule has 0 saturated carbocycles. The number of anilines is 1. The predicted molar refractivity (Wildman–Crippen MR) is 140 cm³/mol. The largest absolute Gasteiger partial charge is 0.493 e. The van der Waals surface area contributed by atoms with Crippen molar-refractivity contribution >= 4 is 22.6 Å². The van der Waals surface area contributed by atoms with Gasteiger partial charge in [-0.3, -0.25) is 4.79 Å². The lowest BCUT2D eigenvalue weighted by Crippen LogP contribution is -2.37. The van der Waals surface area contributed by atoms with Gasteiger partial charge >= 0.3 is 0 Å². The van der Waals surface area contributed by atoms with E-state index < -0.39 is 0 Å². The number of nitrogens with zero attached hydrogens (tertiary/aromatic N) is 4. The van der Waals surface area contributed by atoms with Gasteiger partial charge in [-0.15, -0.1) is 0 Å². The molecule has 35 heavy (non-hydrogen) atoms. The highest BCUT2D eigenvalue weighted by molar-refractivity contribution is 5.98.